The molecule has 1 rings (SSSR count). The summed E-state index contributed by atoms with van der Waals surface area (Å²) in [5.74, 6) is -2.20. The average Bonchev–Trinajstić information content (AvgIpc) is 2.28. The van der Waals surface area contributed by atoms with Crippen LogP contribution in [0.15, 0.2) is 18.2 Å². The number of hydrogen-bond donors (Lipinski definition) is 1. The molecule has 0 aliphatic heterocycles. The number of aromatic hydroxyl groups is 1. The number of Topliss-reactive ketones (excluding diaryl/α,β-unsaturated/α-hetero) is 1. The summed E-state index contributed by atoms with van der Waals surface area (Å²) >= 11 is 0. The van der Waals surface area contributed by atoms with E-state index in [2.05, 4.69) is 4.74 Å². The van der Waals surface area contributed by atoms with E-state index in [4.69, 9.17) is 4.74 Å². The smallest absolute Gasteiger partial charge is 0.321 e. The molecule has 6 nitrogen and oxygen atoms in total. The van der Waals surface area contributed by atoms with Crippen molar-refractivity contribution in [1.29, 1.82) is 0 Å². The maximum atomic E-state index is 11.7. The number of ether oxygens (including phenoxy) is 2. The zero-order valence-electron chi connectivity index (χ0n) is 9.93. The van der Waals surface area contributed by atoms with Crippen molar-refractivity contribution in [3.05, 3.63) is 23.8 Å². The van der Waals surface area contributed by atoms with E-state index < -0.39 is 24.1 Å². The largest absolute Gasteiger partial charge is 0.504 e. The number of phenols is 1. The number of hydrogen-bond acceptors (Lipinski definition) is 6. The van der Waals surface area contributed by atoms with E-state index in [9.17, 15) is 19.5 Å². The van der Waals surface area contributed by atoms with E-state index in [0.717, 1.165) is 6.92 Å². The van der Waals surface area contributed by atoms with Crippen LogP contribution in [0.2, 0.25) is 0 Å². The summed E-state index contributed by atoms with van der Waals surface area (Å²) in [6.45, 7) is 1.08. The summed E-state index contributed by atoms with van der Waals surface area (Å²) in [5.41, 5.74) is 0.185. The molecule has 18 heavy (non-hydrogen) atoms. The third-order valence-electron chi connectivity index (χ3n) is 2.06. The lowest BCUT2D eigenvalue weighted by atomic mass is 10.1. The van der Waals surface area contributed by atoms with Crippen molar-refractivity contribution in [1.82, 2.24) is 0 Å². The fourth-order valence-electron chi connectivity index (χ4n) is 1.28. The molecule has 0 atom stereocenters. The summed E-state index contributed by atoms with van der Waals surface area (Å²) in [6.07, 6.45) is -0.548. The molecule has 0 heterocycles. The third-order valence-corrected chi connectivity index (χ3v) is 2.06. The average molecular weight is 252 g/mol. The number of ketones is 1. The Kier molecular flexibility index (Phi) is 4.42. The zero-order valence-corrected chi connectivity index (χ0v) is 9.93. The van der Waals surface area contributed by atoms with Gasteiger partial charge in [0.25, 0.3) is 0 Å². The first-order valence-corrected chi connectivity index (χ1v) is 5.05. The number of phenolic OH excluding ortho intramolecular Hbond substituents is 1. The van der Waals surface area contributed by atoms with E-state index in [-0.39, 0.29) is 17.1 Å². The molecule has 0 aliphatic carbocycles. The maximum Gasteiger partial charge on any atom is 0.321 e. The number of carbonyl (C=O) groups excluding carboxylic acids is 3. The van der Waals surface area contributed by atoms with Gasteiger partial charge in [0.05, 0.1) is 7.11 Å². The minimum atomic E-state index is -0.917. The molecule has 0 saturated carbocycles. The normalized spacial score (nSPS) is 9.67. The van der Waals surface area contributed by atoms with Gasteiger partial charge in [-0.05, 0) is 18.2 Å². The number of carbonyl (C=O) groups is 3. The van der Waals surface area contributed by atoms with E-state index >= 15 is 0 Å². The highest BCUT2D eigenvalue weighted by Crippen LogP contribution is 2.26. The van der Waals surface area contributed by atoms with Crippen LogP contribution in [0.1, 0.15) is 23.7 Å². The highest BCUT2D eigenvalue weighted by Gasteiger charge is 2.16. The van der Waals surface area contributed by atoms with Crippen molar-refractivity contribution in [2.75, 3.05) is 7.11 Å². The highest BCUT2D eigenvalue weighted by atomic mass is 16.6. The van der Waals surface area contributed by atoms with Gasteiger partial charge < -0.3 is 14.6 Å². The molecule has 1 aromatic carbocycles. The summed E-state index contributed by atoms with van der Waals surface area (Å²) < 4.78 is 9.08. The maximum absolute atomic E-state index is 11.7. The van der Waals surface area contributed by atoms with E-state index in [1.54, 1.807) is 0 Å². The van der Waals surface area contributed by atoms with Crippen LogP contribution in [-0.4, -0.2) is 29.9 Å². The Bertz CT molecular complexity index is 491. The highest BCUT2D eigenvalue weighted by molar-refractivity contribution is 6.07. The van der Waals surface area contributed by atoms with Crippen LogP contribution in [0.5, 0.6) is 11.5 Å². The van der Waals surface area contributed by atoms with Gasteiger partial charge in [-0.1, -0.05) is 0 Å². The number of esters is 2. The Morgan fingerprint density at radius 1 is 1.28 bits per heavy atom. The van der Waals surface area contributed by atoms with Gasteiger partial charge in [-0.2, -0.15) is 0 Å². The van der Waals surface area contributed by atoms with Crippen molar-refractivity contribution in [3.8, 4) is 11.5 Å². The van der Waals surface area contributed by atoms with Gasteiger partial charge in [0.1, 0.15) is 6.42 Å². The van der Waals surface area contributed by atoms with Crippen molar-refractivity contribution >= 4 is 17.7 Å². The first kappa shape index (κ1) is 13.7. The fourth-order valence-corrected chi connectivity index (χ4v) is 1.28. The molecule has 96 valence electrons. The summed E-state index contributed by atoms with van der Waals surface area (Å²) in [4.78, 5) is 33.3. The second-order valence-electron chi connectivity index (χ2n) is 3.45. The topological polar surface area (TPSA) is 89.9 Å². The minimum Gasteiger partial charge on any atom is -0.504 e. The third kappa shape index (κ3) is 3.58. The predicted octanol–water partition coefficient (Wildman–Crippen LogP) is 1.06. The first-order chi connectivity index (χ1) is 8.43. The number of methoxy groups -OCH3 is 1. The van der Waals surface area contributed by atoms with Crippen molar-refractivity contribution in [2.24, 2.45) is 0 Å². The number of benzene rings is 1. The summed E-state index contributed by atoms with van der Waals surface area (Å²) in [7, 11) is 1.34. The molecule has 0 aliphatic rings. The molecule has 1 N–H and O–H groups in total. The van der Waals surface area contributed by atoms with Gasteiger partial charge in [-0.3, -0.25) is 14.4 Å². The van der Waals surface area contributed by atoms with Crippen molar-refractivity contribution in [2.45, 2.75) is 13.3 Å². The summed E-state index contributed by atoms with van der Waals surface area (Å²) in [6, 6.07) is 3.93. The SMILES string of the molecule is COc1cc(C(=O)CC(=O)OC(C)=O)ccc1O. The molecular formula is C12H12O6. The molecule has 0 radical (unpaired) electrons. The Morgan fingerprint density at radius 2 is 1.94 bits per heavy atom. The van der Waals surface area contributed by atoms with Crippen LogP contribution in [-0.2, 0) is 14.3 Å². The van der Waals surface area contributed by atoms with Crippen LogP contribution in [0.25, 0.3) is 0 Å². The van der Waals surface area contributed by atoms with Crippen molar-refractivity contribution < 1.29 is 29.0 Å². The van der Waals surface area contributed by atoms with Crippen LogP contribution in [0.4, 0.5) is 0 Å². The number of rotatable bonds is 4. The van der Waals surface area contributed by atoms with Gasteiger partial charge in [0.2, 0.25) is 0 Å². The molecule has 0 unspecified atom stereocenters. The van der Waals surface area contributed by atoms with Gasteiger partial charge in [0, 0.05) is 12.5 Å². The Balaban J connectivity index is 2.78. The Labute approximate surface area is 103 Å². The Hall–Kier alpha value is -2.37. The van der Waals surface area contributed by atoms with Gasteiger partial charge >= 0.3 is 11.9 Å². The van der Waals surface area contributed by atoms with Crippen LogP contribution >= 0.6 is 0 Å². The monoisotopic (exact) mass is 252 g/mol. The Morgan fingerprint density at radius 3 is 2.50 bits per heavy atom. The molecule has 0 fully saturated rings. The summed E-state index contributed by atoms with van der Waals surface area (Å²) in [5, 5.41) is 9.34. The zero-order chi connectivity index (χ0) is 13.7. The molecular weight excluding hydrogens is 240 g/mol. The standard InChI is InChI=1S/C12H12O6/c1-7(13)18-12(16)6-10(15)8-3-4-9(14)11(5-8)17-2/h3-5,14H,6H2,1-2H3. The van der Waals surface area contributed by atoms with Gasteiger partial charge in [0.15, 0.2) is 17.3 Å². The van der Waals surface area contributed by atoms with Gasteiger partial charge in [-0.15, -0.1) is 0 Å². The lowest BCUT2D eigenvalue weighted by molar-refractivity contribution is -0.157. The molecule has 0 saturated heterocycles. The second-order valence-corrected chi connectivity index (χ2v) is 3.45. The van der Waals surface area contributed by atoms with E-state index in [1.165, 1.54) is 25.3 Å². The molecule has 1 aromatic rings. The molecule has 6 heteroatoms. The van der Waals surface area contributed by atoms with Gasteiger partial charge in [-0.25, -0.2) is 0 Å². The minimum absolute atomic E-state index is 0.111. The molecule has 0 aromatic heterocycles. The second kappa shape index (κ2) is 5.81. The molecule has 0 amide bonds. The lowest BCUT2D eigenvalue weighted by Gasteiger charge is -2.05. The molecule has 0 bridgehead atoms. The van der Waals surface area contributed by atoms with Crippen LogP contribution in [0, 0.1) is 0 Å². The lowest BCUT2D eigenvalue weighted by Crippen LogP contribution is -2.14. The first-order valence-electron chi connectivity index (χ1n) is 5.05. The van der Waals surface area contributed by atoms with Crippen molar-refractivity contribution in [3.63, 3.8) is 0 Å². The fraction of sp³-hybridized carbons (Fsp3) is 0.250. The van der Waals surface area contributed by atoms with Crippen LogP contribution < -0.4 is 4.74 Å². The van der Waals surface area contributed by atoms with E-state index in [0.29, 0.717) is 0 Å². The molecule has 0 spiro atoms. The quantitative estimate of drug-likeness (QED) is 0.489. The van der Waals surface area contributed by atoms with E-state index in [1.807, 2.05) is 0 Å². The predicted molar refractivity (Wildman–Crippen MR) is 60.4 cm³/mol. The van der Waals surface area contributed by atoms with Crippen LogP contribution in [0.3, 0.4) is 0 Å².